The molecule has 0 saturated heterocycles. The number of aromatic nitrogens is 5. The Morgan fingerprint density at radius 1 is 1.12 bits per heavy atom. The smallest absolute Gasteiger partial charge is 0.410 e. The lowest BCUT2D eigenvalue weighted by Gasteiger charge is -2.31. The molecular formula is C29H36ClN7O3S. The van der Waals surface area contributed by atoms with E-state index in [4.69, 9.17) is 26.3 Å². The molecule has 0 unspecified atom stereocenters. The minimum atomic E-state index is -0.551. The van der Waals surface area contributed by atoms with Crippen LogP contribution in [0, 0.1) is 0 Å². The number of nitrogens with one attached hydrogen (secondary N) is 1. The number of thiazole rings is 1. The van der Waals surface area contributed by atoms with Gasteiger partial charge in [-0.15, -0.1) is 0 Å². The average Bonchev–Trinajstić information content (AvgIpc) is 3.39. The first-order valence-corrected chi connectivity index (χ1v) is 14.9. The second-order valence-corrected chi connectivity index (χ2v) is 14.2. The van der Waals surface area contributed by atoms with Gasteiger partial charge in [0, 0.05) is 36.4 Å². The van der Waals surface area contributed by atoms with Gasteiger partial charge in [0.2, 0.25) is 11.1 Å². The molecule has 5 rings (SSSR count). The molecule has 4 heterocycles. The third kappa shape index (κ3) is 5.83. The number of halogens is 1. The van der Waals surface area contributed by atoms with Crippen LogP contribution in [0.5, 0.6) is 0 Å². The molecule has 41 heavy (non-hydrogen) atoms. The molecule has 0 aliphatic carbocycles. The van der Waals surface area contributed by atoms with E-state index in [0.29, 0.717) is 39.5 Å². The summed E-state index contributed by atoms with van der Waals surface area (Å²) >= 11 is 7.92. The van der Waals surface area contributed by atoms with Gasteiger partial charge in [-0.1, -0.05) is 49.8 Å². The molecule has 1 aliphatic heterocycles. The van der Waals surface area contributed by atoms with Gasteiger partial charge < -0.3 is 15.0 Å². The van der Waals surface area contributed by atoms with Crippen LogP contribution in [0.15, 0.2) is 29.2 Å². The van der Waals surface area contributed by atoms with Crippen molar-refractivity contribution in [2.24, 2.45) is 0 Å². The summed E-state index contributed by atoms with van der Waals surface area (Å²) in [6.07, 6.45) is 1.98. The van der Waals surface area contributed by atoms with Gasteiger partial charge >= 0.3 is 6.09 Å². The zero-order valence-electron chi connectivity index (χ0n) is 24.7. The highest BCUT2D eigenvalue weighted by Crippen LogP contribution is 2.36. The molecule has 12 heteroatoms. The van der Waals surface area contributed by atoms with Gasteiger partial charge in [-0.3, -0.25) is 4.79 Å². The van der Waals surface area contributed by atoms with Gasteiger partial charge in [-0.2, -0.15) is 4.98 Å². The van der Waals surface area contributed by atoms with E-state index in [-0.39, 0.29) is 23.1 Å². The predicted molar refractivity (Wildman–Crippen MR) is 163 cm³/mol. The van der Waals surface area contributed by atoms with Crippen molar-refractivity contribution in [1.82, 2.24) is 29.2 Å². The summed E-state index contributed by atoms with van der Waals surface area (Å²) < 4.78 is 9.53. The molecule has 0 bridgehead atoms. The van der Waals surface area contributed by atoms with Gasteiger partial charge in [-0.05, 0) is 64.3 Å². The van der Waals surface area contributed by atoms with E-state index >= 15 is 0 Å². The van der Waals surface area contributed by atoms with Gasteiger partial charge in [0.05, 0.1) is 5.69 Å². The number of ether oxygens (including phenoxy) is 1. The fraction of sp³-hybridized carbons (Fsp3) is 0.483. The van der Waals surface area contributed by atoms with E-state index in [9.17, 15) is 9.59 Å². The van der Waals surface area contributed by atoms with Crippen molar-refractivity contribution < 1.29 is 9.53 Å². The second-order valence-electron chi connectivity index (χ2n) is 12.6. The number of hydrogen-bond donors (Lipinski definition) is 1. The first kappa shape index (κ1) is 29.1. The zero-order valence-corrected chi connectivity index (χ0v) is 26.3. The first-order valence-electron chi connectivity index (χ1n) is 13.7. The van der Waals surface area contributed by atoms with Crippen molar-refractivity contribution in [1.29, 1.82) is 0 Å². The van der Waals surface area contributed by atoms with Crippen LogP contribution in [0.2, 0.25) is 4.34 Å². The van der Waals surface area contributed by atoms with Crippen LogP contribution < -0.4 is 10.9 Å². The van der Waals surface area contributed by atoms with E-state index in [1.54, 1.807) is 20.5 Å². The molecule has 0 radical (unpaired) electrons. The Labute approximate surface area is 248 Å². The molecule has 1 aromatic carbocycles. The van der Waals surface area contributed by atoms with E-state index < -0.39 is 5.60 Å². The van der Waals surface area contributed by atoms with Crippen molar-refractivity contribution in [2.45, 2.75) is 85.4 Å². The average molecular weight is 598 g/mol. The molecule has 0 atom stereocenters. The quantitative estimate of drug-likeness (QED) is 0.282. The lowest BCUT2D eigenvalue weighted by Crippen LogP contribution is -2.39. The zero-order chi connectivity index (χ0) is 29.9. The number of anilines is 2. The maximum atomic E-state index is 13.4. The fourth-order valence-corrected chi connectivity index (χ4v) is 6.34. The highest BCUT2D eigenvalue weighted by molar-refractivity contribution is 7.18. The molecule has 3 aromatic heterocycles. The summed E-state index contributed by atoms with van der Waals surface area (Å²) in [6, 6.07) is 5.88. The van der Waals surface area contributed by atoms with Gasteiger partial charge in [-0.25, -0.2) is 24.1 Å². The van der Waals surface area contributed by atoms with Gasteiger partial charge in [0.1, 0.15) is 15.3 Å². The summed E-state index contributed by atoms with van der Waals surface area (Å²) in [5.74, 6) is 0.339. The molecule has 0 saturated carbocycles. The molecule has 1 aliphatic rings. The SMILES string of the molecule is CC(C)n1c(=O)c2cnc(Nc3ccc4c(c3)CN(C(=O)OC(C)(C)C)CC4)nc2n1-c1nc(C(C)(C)C)c(Cl)s1. The Morgan fingerprint density at radius 3 is 2.49 bits per heavy atom. The molecule has 0 fully saturated rings. The highest BCUT2D eigenvalue weighted by Gasteiger charge is 2.28. The second kappa shape index (κ2) is 10.4. The molecular weight excluding hydrogens is 562 g/mol. The molecule has 0 spiro atoms. The number of nitrogens with zero attached hydrogens (tertiary/aromatic N) is 6. The first-order chi connectivity index (χ1) is 19.1. The third-order valence-electron chi connectivity index (χ3n) is 6.70. The predicted octanol–water partition coefficient (Wildman–Crippen LogP) is 6.61. The van der Waals surface area contributed by atoms with Crippen molar-refractivity contribution in [2.75, 3.05) is 11.9 Å². The van der Waals surface area contributed by atoms with E-state index in [1.807, 2.05) is 46.8 Å². The van der Waals surface area contributed by atoms with Crippen molar-refractivity contribution >= 4 is 51.7 Å². The standard InChI is InChI=1S/C29H36ClN7O3S/c1-16(2)36-24(38)20-14-31-25(34-23(20)37(36)26-33-21(22(30)41-26)28(3,4)5)32-19-10-9-17-11-12-35(15-18(17)13-19)27(39)40-29(6,7)8/h9-10,13-14,16H,11-12,15H2,1-8H3,(H,31,32,34). The number of fused-ring (bicyclic) bond motifs is 2. The van der Waals surface area contributed by atoms with Crippen LogP contribution in [0.1, 0.15) is 78.3 Å². The van der Waals surface area contributed by atoms with Crippen LogP contribution in [-0.4, -0.2) is 47.5 Å². The third-order valence-corrected chi connectivity index (χ3v) is 7.93. The van der Waals surface area contributed by atoms with Crippen LogP contribution >= 0.6 is 22.9 Å². The Balaban J connectivity index is 1.50. The minimum Gasteiger partial charge on any atom is -0.444 e. The summed E-state index contributed by atoms with van der Waals surface area (Å²) in [4.78, 5) is 41.8. The highest BCUT2D eigenvalue weighted by atomic mass is 35.5. The number of benzene rings is 1. The Hall–Kier alpha value is -3.44. The lowest BCUT2D eigenvalue weighted by atomic mass is 9.93. The number of carbonyl (C=O) groups excluding carboxylic acids is 1. The number of carbonyl (C=O) groups is 1. The molecule has 218 valence electrons. The van der Waals surface area contributed by atoms with E-state index in [0.717, 1.165) is 23.4 Å². The van der Waals surface area contributed by atoms with Crippen molar-refractivity contribution in [3.63, 3.8) is 0 Å². The maximum Gasteiger partial charge on any atom is 0.410 e. The molecule has 1 amide bonds. The largest absolute Gasteiger partial charge is 0.444 e. The molecule has 10 nitrogen and oxygen atoms in total. The monoisotopic (exact) mass is 597 g/mol. The van der Waals surface area contributed by atoms with Crippen LogP contribution in [0.25, 0.3) is 16.2 Å². The summed E-state index contributed by atoms with van der Waals surface area (Å²) in [7, 11) is 0. The lowest BCUT2D eigenvalue weighted by molar-refractivity contribution is 0.0224. The Kier molecular flexibility index (Phi) is 7.40. The van der Waals surface area contributed by atoms with Gasteiger partial charge in [0.25, 0.3) is 5.56 Å². The van der Waals surface area contributed by atoms with Crippen molar-refractivity contribution in [3.05, 3.63) is 55.9 Å². The summed E-state index contributed by atoms with van der Waals surface area (Å²) in [5, 5.41) is 4.25. The van der Waals surface area contributed by atoms with E-state index in [2.05, 4.69) is 37.1 Å². The maximum absolute atomic E-state index is 13.4. The fourth-order valence-electron chi connectivity index (χ4n) is 4.80. The van der Waals surface area contributed by atoms with Crippen LogP contribution in [0.4, 0.5) is 16.4 Å². The number of amides is 1. The van der Waals surface area contributed by atoms with Gasteiger partial charge in [0.15, 0.2) is 5.65 Å². The molecule has 1 N–H and O–H groups in total. The Bertz CT molecular complexity index is 1690. The van der Waals surface area contributed by atoms with E-state index in [1.165, 1.54) is 16.9 Å². The number of hydrogen-bond acceptors (Lipinski definition) is 8. The Morgan fingerprint density at radius 2 is 1.85 bits per heavy atom. The normalized spacial score (nSPS) is 14.0. The minimum absolute atomic E-state index is 0.151. The topological polar surface area (TPSA) is 107 Å². The number of rotatable bonds is 4. The van der Waals surface area contributed by atoms with Crippen molar-refractivity contribution in [3.8, 4) is 5.13 Å². The van der Waals surface area contributed by atoms with Crippen LogP contribution in [0.3, 0.4) is 0 Å². The summed E-state index contributed by atoms with van der Waals surface area (Å²) in [5.41, 5.74) is 3.20. The van der Waals surface area contributed by atoms with Crippen LogP contribution in [-0.2, 0) is 23.1 Å². The molecule has 4 aromatic rings. The summed E-state index contributed by atoms with van der Waals surface area (Å²) in [6.45, 7) is 16.7.